The Morgan fingerprint density at radius 3 is 2.80 bits per heavy atom. The van der Waals surface area contributed by atoms with Crippen LogP contribution in [0.2, 0.25) is 0 Å². The normalized spacial score (nSPS) is 25.9. The van der Waals surface area contributed by atoms with Gasteiger partial charge in [-0.05, 0) is 66.2 Å². The molecule has 0 bridgehead atoms. The van der Waals surface area contributed by atoms with Crippen LogP contribution in [0.5, 0.6) is 5.75 Å². The fourth-order valence-corrected chi connectivity index (χ4v) is 3.15. The molecule has 4 heteroatoms. The van der Waals surface area contributed by atoms with Crippen molar-refractivity contribution in [3.8, 4) is 5.75 Å². The number of ether oxygens (including phenoxy) is 2. The Bertz CT molecular complexity index is 462. The number of benzene rings is 1. The van der Waals surface area contributed by atoms with Gasteiger partial charge < -0.3 is 14.8 Å². The third kappa shape index (κ3) is 3.96. The molecule has 1 saturated heterocycles. The van der Waals surface area contributed by atoms with Crippen molar-refractivity contribution in [2.24, 2.45) is 0 Å². The molecular weight excluding hydrogens is 318 g/mol. The second-order valence-corrected chi connectivity index (χ2v) is 6.74. The Morgan fingerprint density at radius 1 is 1.25 bits per heavy atom. The molecule has 2 aliphatic rings. The van der Waals surface area contributed by atoms with Crippen LogP contribution in [0.25, 0.3) is 0 Å². The van der Waals surface area contributed by atoms with Gasteiger partial charge in [0.15, 0.2) is 0 Å². The number of nitrogens with one attached hydrogen (secondary N) is 1. The Kier molecular flexibility index (Phi) is 4.64. The first-order valence-electron chi connectivity index (χ1n) is 7.48. The average Bonchev–Trinajstić information content (AvgIpc) is 3.14. The second-order valence-electron chi connectivity index (χ2n) is 5.88. The van der Waals surface area contributed by atoms with Crippen molar-refractivity contribution >= 4 is 15.9 Å². The molecule has 1 aromatic carbocycles. The molecule has 1 aliphatic heterocycles. The summed E-state index contributed by atoms with van der Waals surface area (Å²) >= 11 is 3.54. The van der Waals surface area contributed by atoms with Crippen LogP contribution in [0, 0.1) is 6.92 Å². The first kappa shape index (κ1) is 14.4. The highest BCUT2D eigenvalue weighted by atomic mass is 79.9. The van der Waals surface area contributed by atoms with Gasteiger partial charge in [-0.2, -0.15) is 0 Å². The van der Waals surface area contributed by atoms with Crippen LogP contribution >= 0.6 is 15.9 Å². The highest BCUT2D eigenvalue weighted by molar-refractivity contribution is 9.10. The molecule has 0 radical (unpaired) electrons. The number of rotatable bonds is 6. The van der Waals surface area contributed by atoms with Crippen molar-refractivity contribution in [1.82, 2.24) is 5.32 Å². The van der Waals surface area contributed by atoms with E-state index in [9.17, 15) is 0 Å². The van der Waals surface area contributed by atoms with E-state index in [1.165, 1.54) is 18.4 Å². The van der Waals surface area contributed by atoms with Gasteiger partial charge in [0.25, 0.3) is 0 Å². The second kappa shape index (κ2) is 6.46. The average molecular weight is 340 g/mol. The molecule has 0 spiro atoms. The Morgan fingerprint density at radius 2 is 2.05 bits per heavy atom. The summed E-state index contributed by atoms with van der Waals surface area (Å²) in [5.41, 5.74) is 1.23. The molecule has 2 unspecified atom stereocenters. The van der Waals surface area contributed by atoms with E-state index in [-0.39, 0.29) is 6.10 Å². The summed E-state index contributed by atoms with van der Waals surface area (Å²) in [5.74, 6) is 0.902. The number of hydrogen-bond acceptors (Lipinski definition) is 3. The van der Waals surface area contributed by atoms with Gasteiger partial charge in [0.1, 0.15) is 12.4 Å². The van der Waals surface area contributed by atoms with Gasteiger partial charge in [-0.3, -0.25) is 0 Å². The summed E-state index contributed by atoms with van der Waals surface area (Å²) in [6.07, 6.45) is 5.50. The summed E-state index contributed by atoms with van der Waals surface area (Å²) < 4.78 is 12.9. The maximum Gasteiger partial charge on any atom is 0.133 e. The van der Waals surface area contributed by atoms with Crippen LogP contribution in [-0.4, -0.2) is 31.4 Å². The lowest BCUT2D eigenvalue weighted by Gasteiger charge is -2.16. The maximum atomic E-state index is 6.02. The van der Waals surface area contributed by atoms with Gasteiger partial charge in [-0.25, -0.2) is 0 Å². The van der Waals surface area contributed by atoms with E-state index in [1.54, 1.807) is 0 Å². The zero-order valence-electron chi connectivity index (χ0n) is 11.9. The van der Waals surface area contributed by atoms with Crippen molar-refractivity contribution in [1.29, 1.82) is 0 Å². The molecule has 1 aliphatic carbocycles. The molecule has 2 fully saturated rings. The van der Waals surface area contributed by atoms with Gasteiger partial charge >= 0.3 is 0 Å². The smallest absolute Gasteiger partial charge is 0.133 e. The van der Waals surface area contributed by atoms with Crippen molar-refractivity contribution in [3.05, 3.63) is 28.2 Å². The molecule has 1 saturated carbocycles. The van der Waals surface area contributed by atoms with Crippen LogP contribution in [0.3, 0.4) is 0 Å². The minimum Gasteiger partial charge on any atom is -0.490 e. The lowest BCUT2D eigenvalue weighted by Crippen LogP contribution is -2.29. The molecule has 3 nitrogen and oxygen atoms in total. The van der Waals surface area contributed by atoms with E-state index in [1.807, 2.05) is 6.07 Å². The van der Waals surface area contributed by atoms with Crippen molar-refractivity contribution in [3.63, 3.8) is 0 Å². The third-order valence-electron chi connectivity index (χ3n) is 3.92. The highest BCUT2D eigenvalue weighted by Gasteiger charge is 2.28. The first-order chi connectivity index (χ1) is 9.70. The van der Waals surface area contributed by atoms with Gasteiger partial charge in [0.05, 0.1) is 16.7 Å². The van der Waals surface area contributed by atoms with Crippen molar-refractivity contribution in [2.75, 3.05) is 13.2 Å². The maximum absolute atomic E-state index is 6.02. The predicted molar refractivity (Wildman–Crippen MR) is 83.3 cm³/mol. The zero-order chi connectivity index (χ0) is 13.9. The van der Waals surface area contributed by atoms with E-state index in [0.717, 1.165) is 35.7 Å². The summed E-state index contributed by atoms with van der Waals surface area (Å²) in [6, 6.07) is 6.92. The van der Waals surface area contributed by atoms with Crippen LogP contribution in [-0.2, 0) is 4.74 Å². The molecule has 1 heterocycles. The van der Waals surface area contributed by atoms with Gasteiger partial charge in [0, 0.05) is 12.6 Å². The van der Waals surface area contributed by atoms with Crippen LogP contribution in [0.1, 0.15) is 31.2 Å². The van der Waals surface area contributed by atoms with E-state index in [0.29, 0.717) is 12.7 Å². The molecule has 0 amide bonds. The monoisotopic (exact) mass is 339 g/mol. The standard InChI is InChI=1S/C16H22BrNO2/c1-11-2-7-16(15(17)8-11)19-10-14-6-5-13(20-14)9-18-12-3-4-12/h2,7-8,12-14,18H,3-6,9-10H2,1H3. The molecule has 110 valence electrons. The van der Waals surface area contributed by atoms with E-state index in [4.69, 9.17) is 9.47 Å². The largest absolute Gasteiger partial charge is 0.490 e. The molecule has 2 atom stereocenters. The van der Waals surface area contributed by atoms with Gasteiger partial charge in [-0.1, -0.05) is 6.07 Å². The van der Waals surface area contributed by atoms with Crippen molar-refractivity contribution in [2.45, 2.75) is 50.9 Å². The Labute approximate surface area is 129 Å². The quantitative estimate of drug-likeness (QED) is 0.861. The molecular formula is C16H22BrNO2. The summed E-state index contributed by atoms with van der Waals surface area (Å²) in [7, 11) is 0. The molecule has 3 rings (SSSR count). The van der Waals surface area contributed by atoms with Crippen molar-refractivity contribution < 1.29 is 9.47 Å². The van der Waals surface area contributed by atoms with E-state index < -0.39 is 0 Å². The van der Waals surface area contributed by atoms with E-state index in [2.05, 4.69) is 40.3 Å². The lowest BCUT2D eigenvalue weighted by atomic mass is 10.2. The van der Waals surface area contributed by atoms with Gasteiger partial charge in [-0.15, -0.1) is 0 Å². The zero-order valence-corrected chi connectivity index (χ0v) is 13.5. The van der Waals surface area contributed by atoms with Crippen LogP contribution in [0.15, 0.2) is 22.7 Å². The lowest BCUT2D eigenvalue weighted by molar-refractivity contribution is 0.0183. The topological polar surface area (TPSA) is 30.5 Å². The predicted octanol–water partition coefficient (Wildman–Crippen LogP) is 3.44. The first-order valence-corrected chi connectivity index (χ1v) is 8.28. The SMILES string of the molecule is Cc1ccc(OCC2CCC(CNC3CC3)O2)c(Br)c1. The highest BCUT2D eigenvalue weighted by Crippen LogP contribution is 2.27. The molecule has 20 heavy (non-hydrogen) atoms. The summed E-state index contributed by atoms with van der Waals surface area (Å²) in [5, 5.41) is 3.53. The molecule has 0 aromatic heterocycles. The van der Waals surface area contributed by atoms with Gasteiger partial charge in [0.2, 0.25) is 0 Å². The number of aryl methyl sites for hydroxylation is 1. The third-order valence-corrected chi connectivity index (χ3v) is 4.54. The van der Waals surface area contributed by atoms with Crippen LogP contribution < -0.4 is 10.1 Å². The molecule has 1 aromatic rings. The fraction of sp³-hybridized carbons (Fsp3) is 0.625. The Balaban J connectivity index is 1.42. The molecule has 1 N–H and O–H groups in total. The van der Waals surface area contributed by atoms with Crippen LogP contribution in [0.4, 0.5) is 0 Å². The summed E-state index contributed by atoms with van der Waals surface area (Å²) in [6.45, 7) is 3.71. The fourth-order valence-electron chi connectivity index (χ4n) is 2.54. The number of hydrogen-bond donors (Lipinski definition) is 1. The Hall–Kier alpha value is -0.580. The summed E-state index contributed by atoms with van der Waals surface area (Å²) in [4.78, 5) is 0. The number of halogens is 1. The minimum atomic E-state index is 0.231. The minimum absolute atomic E-state index is 0.231. The van der Waals surface area contributed by atoms with E-state index >= 15 is 0 Å².